The normalized spacial score (nSPS) is 6.25. The first-order valence-electron chi connectivity index (χ1n) is 1.24. The molecule has 0 rings (SSSR count). The standard InChI is InChI=1S/CH3N2.Cu.NO3/c2-1-3;;2-1(3)4/h(H3,2,3);;/q;+1;-1. The van der Waals surface area contributed by atoms with Crippen molar-refractivity contribution in [3.05, 3.63) is 15.3 Å². The molecular weight excluding hydrogens is 166 g/mol. The third-order valence-electron chi connectivity index (χ3n) is 0. The number of hydrogen-bond acceptors (Lipinski definition) is 4. The number of hydrogen-bond donors (Lipinski definition) is 2. The summed E-state index contributed by atoms with van der Waals surface area (Å²) in [6.07, 6.45) is 0. The van der Waals surface area contributed by atoms with Crippen LogP contribution in [0.2, 0.25) is 0 Å². The van der Waals surface area contributed by atoms with E-state index in [9.17, 15) is 0 Å². The third-order valence-corrected chi connectivity index (χ3v) is 0. The summed E-state index contributed by atoms with van der Waals surface area (Å²) in [6, 6.07) is 0. The largest absolute Gasteiger partial charge is 0.356 e. The monoisotopic (exact) mass is 168 g/mol. The Labute approximate surface area is 53.1 Å². The molecule has 7 heteroatoms. The summed E-state index contributed by atoms with van der Waals surface area (Å²) in [7, 11) is 0. The fourth-order valence-electron chi connectivity index (χ4n) is 0. The van der Waals surface area contributed by atoms with Gasteiger partial charge in [-0.2, -0.15) is 0 Å². The van der Waals surface area contributed by atoms with Crippen LogP contribution in [0.4, 0.5) is 0 Å². The maximum Gasteiger partial charge on any atom is 0.0689 e. The Kier molecular flexibility index (Phi) is 7.91. The Balaban J connectivity index is 0. The molecule has 0 aliphatic heterocycles. The number of nitrogens with two attached hydrogens (primary N) is 1. The molecule has 0 heterocycles. The molecule has 0 aliphatic carbocycles. The van der Waals surface area contributed by atoms with E-state index < -0.39 is 5.09 Å². The molecule has 0 aromatic rings. The van der Waals surface area contributed by atoms with Gasteiger partial charge in [-0.3, -0.25) is 0 Å². The summed E-state index contributed by atoms with van der Waals surface area (Å²) >= 11 is 4.10. The van der Waals surface area contributed by atoms with Crippen molar-refractivity contribution in [2.75, 3.05) is 0 Å². The topological polar surface area (TPSA) is 116 Å². The zero-order valence-electron chi connectivity index (χ0n) is 3.55. The zero-order chi connectivity index (χ0) is 7.15. The van der Waals surface area contributed by atoms with Gasteiger partial charge in [0, 0.05) is 0 Å². The Bertz CT molecular complexity index is 72.5. The zero-order valence-corrected chi connectivity index (χ0v) is 4.49. The van der Waals surface area contributed by atoms with Crippen LogP contribution in [0.25, 0.3) is 0 Å². The van der Waals surface area contributed by atoms with Crippen LogP contribution >= 0.6 is 0 Å². The molecule has 0 amide bonds. The van der Waals surface area contributed by atoms with Crippen molar-refractivity contribution in [2.45, 2.75) is 0 Å². The van der Waals surface area contributed by atoms with Crippen molar-refractivity contribution < 1.29 is 21.1 Å². The van der Waals surface area contributed by atoms with E-state index in [-0.39, 0.29) is 4.73 Å². The van der Waals surface area contributed by atoms with E-state index in [2.05, 4.69) is 21.7 Å². The molecule has 0 saturated heterocycles. The van der Waals surface area contributed by atoms with Gasteiger partial charge in [-0.15, -0.1) is 0 Å². The molecule has 0 aliphatic rings. The van der Waals surface area contributed by atoms with Crippen LogP contribution in [-0.4, -0.2) is 9.82 Å². The minimum Gasteiger partial charge on any atom is -0.356 e. The molecule has 0 radical (unpaired) electrons. The molecule has 3 N–H and O–H groups in total. The maximum absolute atomic E-state index is 8.25. The predicted octanol–water partition coefficient (Wildman–Crippen LogP) is -0.812. The average Bonchev–Trinajstić information content (AvgIpc) is 1.25. The molecule has 0 saturated carbocycles. The molecule has 0 bridgehead atoms. The van der Waals surface area contributed by atoms with Crippen molar-refractivity contribution in [3.8, 4) is 0 Å². The van der Waals surface area contributed by atoms with Crippen LogP contribution in [0.15, 0.2) is 0 Å². The quantitative estimate of drug-likeness (QED) is 0.162. The molecule has 6 nitrogen and oxygen atoms in total. The molecule has 0 fully saturated rings. The Morgan fingerprint density at radius 3 is 1.75 bits per heavy atom. The van der Waals surface area contributed by atoms with Crippen molar-refractivity contribution in [2.24, 2.45) is 5.73 Å². The summed E-state index contributed by atoms with van der Waals surface area (Å²) < 4.78 is -0.271. The summed E-state index contributed by atoms with van der Waals surface area (Å²) in [6.45, 7) is 0. The van der Waals surface area contributed by atoms with E-state index in [0.717, 1.165) is 0 Å². The van der Waals surface area contributed by atoms with Gasteiger partial charge in [0.25, 0.3) is 0 Å². The summed E-state index contributed by atoms with van der Waals surface area (Å²) in [5, 5.41) is 20.8. The summed E-state index contributed by atoms with van der Waals surface area (Å²) in [5.74, 6) is 0. The summed E-state index contributed by atoms with van der Waals surface area (Å²) in [4.78, 5) is 8.25. The molecular formula is CH3CuN3O3. The van der Waals surface area contributed by atoms with Gasteiger partial charge < -0.3 is 15.3 Å². The smallest absolute Gasteiger partial charge is 0.0689 e. The van der Waals surface area contributed by atoms with E-state index >= 15 is 0 Å². The van der Waals surface area contributed by atoms with Gasteiger partial charge in [-0.1, -0.05) is 0 Å². The molecule has 0 aromatic carbocycles. The predicted molar refractivity (Wildman–Crippen MR) is 22.3 cm³/mol. The summed E-state index contributed by atoms with van der Waals surface area (Å²) in [5.41, 5.74) is 4.50. The average molecular weight is 169 g/mol. The van der Waals surface area contributed by atoms with E-state index in [1.54, 1.807) is 0 Å². The van der Waals surface area contributed by atoms with E-state index in [1.807, 2.05) is 0 Å². The Hall–Kier alpha value is -0.811. The van der Waals surface area contributed by atoms with Crippen LogP contribution in [-0.2, 0) is 16.0 Å². The van der Waals surface area contributed by atoms with Gasteiger partial charge in [-0.25, -0.2) is 0 Å². The van der Waals surface area contributed by atoms with Crippen LogP contribution in [0.1, 0.15) is 0 Å². The molecule has 0 spiro atoms. The van der Waals surface area contributed by atoms with Crippen molar-refractivity contribution in [3.63, 3.8) is 0 Å². The van der Waals surface area contributed by atoms with Gasteiger partial charge in [-0.05, 0) is 0 Å². The second-order valence-electron chi connectivity index (χ2n) is 0.530. The van der Waals surface area contributed by atoms with Gasteiger partial charge >= 0.3 is 31.9 Å². The fourth-order valence-corrected chi connectivity index (χ4v) is 0. The van der Waals surface area contributed by atoms with E-state index in [4.69, 9.17) is 20.7 Å². The minimum atomic E-state index is -1.75. The van der Waals surface area contributed by atoms with Gasteiger partial charge in [0.05, 0.1) is 5.09 Å². The minimum absolute atomic E-state index is 0.271. The van der Waals surface area contributed by atoms with Gasteiger partial charge in [0.15, 0.2) is 0 Å². The maximum atomic E-state index is 8.25. The van der Waals surface area contributed by atoms with Crippen molar-refractivity contribution in [1.29, 1.82) is 5.41 Å². The first-order chi connectivity index (χ1) is 3.46. The van der Waals surface area contributed by atoms with Gasteiger partial charge in [0.1, 0.15) is 0 Å². The van der Waals surface area contributed by atoms with Crippen LogP contribution in [0.5, 0.6) is 0 Å². The van der Waals surface area contributed by atoms with Crippen molar-refractivity contribution in [1.82, 2.24) is 0 Å². The molecule has 0 aromatic heterocycles. The fraction of sp³-hybridized carbons (Fsp3) is 0. The SMILES string of the molecule is N=[C](N)[Cu+].O=[N+]([O-])[O-]. The van der Waals surface area contributed by atoms with Crippen LogP contribution in [0.3, 0.4) is 0 Å². The van der Waals surface area contributed by atoms with Crippen molar-refractivity contribution >= 4 is 4.73 Å². The first kappa shape index (κ1) is 10.2. The number of rotatable bonds is 0. The number of nitrogens with one attached hydrogen (secondary N) is 1. The van der Waals surface area contributed by atoms with E-state index in [1.165, 1.54) is 0 Å². The molecule has 51 valence electrons. The Morgan fingerprint density at radius 2 is 1.75 bits per heavy atom. The van der Waals surface area contributed by atoms with Gasteiger partial charge in [0.2, 0.25) is 0 Å². The second kappa shape index (κ2) is 6.19. The van der Waals surface area contributed by atoms with E-state index in [0.29, 0.717) is 0 Å². The molecule has 8 heavy (non-hydrogen) atoms. The second-order valence-corrected chi connectivity index (χ2v) is 1.04. The van der Waals surface area contributed by atoms with Crippen LogP contribution in [0, 0.1) is 20.7 Å². The third kappa shape index (κ3) is 139. The molecule has 0 unspecified atom stereocenters. The first-order valence-corrected chi connectivity index (χ1v) is 1.71. The van der Waals surface area contributed by atoms with Crippen LogP contribution < -0.4 is 5.73 Å². The number of amidine groups is 1. The Morgan fingerprint density at radius 1 is 1.75 bits per heavy atom. The number of nitrogens with zero attached hydrogens (tertiary/aromatic N) is 1. The molecule has 0 atom stereocenters.